The average Bonchev–Trinajstić information content (AvgIpc) is 2.78. The molecule has 4 rings (SSSR count). The van der Waals surface area contributed by atoms with Crippen LogP contribution in [0.25, 0.3) is 10.8 Å². The van der Waals surface area contributed by atoms with Crippen LogP contribution in [0.5, 0.6) is 5.75 Å². The molecule has 0 saturated carbocycles. The molecule has 0 bridgehead atoms. The maximum atomic E-state index is 11.3. The van der Waals surface area contributed by atoms with Crippen molar-refractivity contribution in [1.29, 1.82) is 0 Å². The van der Waals surface area contributed by atoms with Crippen LogP contribution in [0.3, 0.4) is 0 Å². The Hall–Kier alpha value is -4.17. The second-order valence-corrected chi connectivity index (χ2v) is 7.55. The van der Waals surface area contributed by atoms with Gasteiger partial charge in [-0.3, -0.25) is 15.8 Å². The highest BCUT2D eigenvalue weighted by molar-refractivity contribution is 5.89. The number of allylic oxidation sites excluding steroid dienone is 2. The molecule has 1 aliphatic rings. The van der Waals surface area contributed by atoms with Crippen molar-refractivity contribution in [1.82, 2.24) is 5.32 Å². The van der Waals surface area contributed by atoms with Gasteiger partial charge in [-0.1, -0.05) is 36.9 Å². The largest absolute Gasteiger partial charge is 0.496 e. The third-order valence-corrected chi connectivity index (χ3v) is 5.27. The van der Waals surface area contributed by atoms with E-state index in [1.54, 1.807) is 6.21 Å². The zero-order valence-corrected chi connectivity index (χ0v) is 17.8. The van der Waals surface area contributed by atoms with Gasteiger partial charge in [-0.05, 0) is 41.5 Å². The first-order chi connectivity index (χ1) is 15.3. The van der Waals surface area contributed by atoms with Crippen LogP contribution in [-0.4, -0.2) is 18.2 Å². The maximum Gasteiger partial charge on any atom is 0.270 e. The molecule has 4 N–H and O–H groups in total. The van der Waals surface area contributed by atoms with Gasteiger partial charge in [-0.25, -0.2) is 4.99 Å². The number of aliphatic imine (C=N–C) groups is 1. The molecule has 0 radical (unpaired) electrons. The third kappa shape index (κ3) is 3.91. The molecule has 0 fully saturated rings. The normalized spacial score (nSPS) is 17.7. The van der Waals surface area contributed by atoms with Gasteiger partial charge in [0.05, 0.1) is 17.6 Å². The summed E-state index contributed by atoms with van der Waals surface area (Å²) in [7, 11) is 1.48. The van der Waals surface area contributed by atoms with Crippen molar-refractivity contribution in [2.24, 2.45) is 10.7 Å². The van der Waals surface area contributed by atoms with Crippen molar-refractivity contribution in [2.75, 3.05) is 12.4 Å². The predicted molar refractivity (Wildman–Crippen MR) is 127 cm³/mol. The average molecular weight is 429 g/mol. The Morgan fingerprint density at radius 1 is 1.19 bits per heavy atom. The summed E-state index contributed by atoms with van der Waals surface area (Å²) in [5.74, 6) is -0.527. The first-order valence-electron chi connectivity index (χ1n) is 9.92. The molecule has 162 valence electrons. The van der Waals surface area contributed by atoms with Crippen LogP contribution >= 0.6 is 0 Å². The number of methoxy groups -OCH3 is 1. The number of rotatable bonds is 6. The van der Waals surface area contributed by atoms with Gasteiger partial charge in [0, 0.05) is 29.6 Å². The van der Waals surface area contributed by atoms with Crippen LogP contribution in [0, 0.1) is 10.1 Å². The number of non-ortho nitro benzene ring substituents is 1. The van der Waals surface area contributed by atoms with E-state index in [9.17, 15) is 10.1 Å². The number of hydrogen-bond donors (Lipinski definition) is 3. The highest BCUT2D eigenvalue weighted by Crippen LogP contribution is 2.34. The number of ether oxygens (including phenoxy) is 1. The summed E-state index contributed by atoms with van der Waals surface area (Å²) >= 11 is 0. The van der Waals surface area contributed by atoms with Crippen molar-refractivity contribution in [3.63, 3.8) is 0 Å². The van der Waals surface area contributed by atoms with Gasteiger partial charge in [0.2, 0.25) is 5.79 Å². The molecular formula is C24H23N5O3. The predicted octanol–water partition coefficient (Wildman–Crippen LogP) is 4.40. The van der Waals surface area contributed by atoms with E-state index in [0.29, 0.717) is 17.1 Å². The molecule has 0 aromatic heterocycles. The lowest BCUT2D eigenvalue weighted by molar-refractivity contribution is -0.385. The molecule has 1 aliphatic heterocycles. The highest BCUT2D eigenvalue weighted by Gasteiger charge is 2.35. The summed E-state index contributed by atoms with van der Waals surface area (Å²) in [5, 5.41) is 20.1. The topological polar surface area (TPSA) is 115 Å². The molecular weight excluding hydrogens is 406 g/mol. The van der Waals surface area contributed by atoms with E-state index in [2.05, 4.69) is 22.2 Å². The molecule has 1 unspecified atom stereocenters. The molecule has 1 atom stereocenters. The van der Waals surface area contributed by atoms with Crippen LogP contribution in [0.4, 0.5) is 11.4 Å². The lowest BCUT2D eigenvalue weighted by Crippen LogP contribution is -2.52. The Bertz CT molecular complexity index is 1300. The standard InChI is InChI=1S/C24H23N5O3/c1-15(2)20-14-26-24(25,21-13-19(29(30)31)10-11-22(21)32-3)28-23(20)27-18-9-8-16-6-4-5-7-17(16)12-18/h4-14,27-28H,1,25H2,2-3H3. The van der Waals surface area contributed by atoms with Crippen molar-refractivity contribution in [3.8, 4) is 5.75 Å². The molecule has 8 nitrogen and oxygen atoms in total. The van der Waals surface area contributed by atoms with Crippen LogP contribution < -0.4 is 21.1 Å². The molecule has 3 aromatic carbocycles. The second-order valence-electron chi connectivity index (χ2n) is 7.55. The van der Waals surface area contributed by atoms with Gasteiger partial charge in [-0.15, -0.1) is 0 Å². The number of nitrogens with zero attached hydrogens (tertiary/aromatic N) is 2. The lowest BCUT2D eigenvalue weighted by Gasteiger charge is -2.34. The van der Waals surface area contributed by atoms with E-state index in [0.717, 1.165) is 27.6 Å². The number of nitro groups is 1. The fraction of sp³-hybridized carbons (Fsp3) is 0.125. The molecule has 0 spiro atoms. The van der Waals surface area contributed by atoms with Gasteiger partial charge >= 0.3 is 0 Å². The summed E-state index contributed by atoms with van der Waals surface area (Å²) < 4.78 is 5.40. The van der Waals surface area contributed by atoms with E-state index >= 15 is 0 Å². The zero-order valence-electron chi connectivity index (χ0n) is 17.8. The Morgan fingerprint density at radius 2 is 1.94 bits per heavy atom. The fourth-order valence-corrected chi connectivity index (χ4v) is 3.60. The van der Waals surface area contributed by atoms with Crippen molar-refractivity contribution in [3.05, 3.63) is 99.9 Å². The summed E-state index contributed by atoms with van der Waals surface area (Å²) in [6, 6.07) is 18.3. The molecule has 1 heterocycles. The minimum Gasteiger partial charge on any atom is -0.496 e. The first-order valence-corrected chi connectivity index (χ1v) is 9.92. The number of fused-ring (bicyclic) bond motifs is 1. The Labute approximate surface area is 185 Å². The van der Waals surface area contributed by atoms with Gasteiger partial charge < -0.3 is 15.4 Å². The number of hydrogen-bond acceptors (Lipinski definition) is 7. The second kappa shape index (κ2) is 8.16. The van der Waals surface area contributed by atoms with Crippen LogP contribution in [0.15, 0.2) is 89.2 Å². The SMILES string of the molecule is C=C(C)C1=C(Nc2ccc3ccccc3c2)NC(N)(c2cc([N+](=O)[O-])ccc2OC)N=C1. The summed E-state index contributed by atoms with van der Waals surface area (Å²) in [5.41, 5.74) is 9.19. The van der Waals surface area contributed by atoms with Crippen molar-refractivity contribution >= 4 is 28.4 Å². The first kappa shape index (κ1) is 21.1. The van der Waals surface area contributed by atoms with E-state index in [4.69, 9.17) is 10.5 Å². The number of benzene rings is 3. The van der Waals surface area contributed by atoms with Crippen molar-refractivity contribution < 1.29 is 9.66 Å². The Morgan fingerprint density at radius 3 is 2.62 bits per heavy atom. The van der Waals surface area contributed by atoms with E-state index in [1.807, 2.05) is 49.4 Å². The number of anilines is 1. The molecule has 0 amide bonds. The quantitative estimate of drug-likeness (QED) is 0.395. The molecule has 8 heteroatoms. The van der Waals surface area contributed by atoms with Gasteiger partial charge in [0.1, 0.15) is 11.6 Å². The third-order valence-electron chi connectivity index (χ3n) is 5.27. The minimum absolute atomic E-state index is 0.110. The highest BCUT2D eigenvalue weighted by atomic mass is 16.6. The van der Waals surface area contributed by atoms with Crippen LogP contribution in [-0.2, 0) is 5.79 Å². The van der Waals surface area contributed by atoms with Crippen LogP contribution in [0.2, 0.25) is 0 Å². The van der Waals surface area contributed by atoms with Gasteiger partial charge in [-0.2, -0.15) is 0 Å². The number of nitro benzene ring substituents is 1. The van der Waals surface area contributed by atoms with E-state index in [-0.39, 0.29) is 5.69 Å². The van der Waals surface area contributed by atoms with Gasteiger partial charge in [0.15, 0.2) is 0 Å². The van der Waals surface area contributed by atoms with E-state index in [1.165, 1.54) is 25.3 Å². The van der Waals surface area contributed by atoms with Crippen LogP contribution in [0.1, 0.15) is 12.5 Å². The smallest absolute Gasteiger partial charge is 0.270 e. The summed E-state index contributed by atoms with van der Waals surface area (Å²) in [6.45, 7) is 5.89. The van der Waals surface area contributed by atoms with Gasteiger partial charge in [0.25, 0.3) is 5.69 Å². The Balaban J connectivity index is 1.75. The minimum atomic E-state index is -1.49. The molecule has 0 saturated heterocycles. The molecule has 32 heavy (non-hydrogen) atoms. The summed E-state index contributed by atoms with van der Waals surface area (Å²) in [6.07, 6.45) is 1.61. The Kier molecular flexibility index (Phi) is 5.38. The number of nitrogens with one attached hydrogen (secondary N) is 2. The molecule has 0 aliphatic carbocycles. The van der Waals surface area contributed by atoms with Crippen molar-refractivity contribution in [2.45, 2.75) is 12.7 Å². The maximum absolute atomic E-state index is 11.3. The zero-order chi connectivity index (χ0) is 22.9. The monoisotopic (exact) mass is 429 g/mol. The lowest BCUT2D eigenvalue weighted by atomic mass is 10.0. The summed E-state index contributed by atoms with van der Waals surface area (Å²) in [4.78, 5) is 15.3. The number of nitrogens with two attached hydrogens (primary N) is 1. The van der Waals surface area contributed by atoms with E-state index < -0.39 is 10.7 Å². The molecule has 3 aromatic rings. The fourth-order valence-electron chi connectivity index (χ4n) is 3.60.